The van der Waals surface area contributed by atoms with Crippen LogP contribution in [-0.4, -0.2) is 41.3 Å². The van der Waals surface area contributed by atoms with Gasteiger partial charge in [0.2, 0.25) is 0 Å². The number of aliphatic hydroxyl groups excluding tert-OH is 1. The van der Waals surface area contributed by atoms with E-state index >= 15 is 0 Å². The highest BCUT2D eigenvalue weighted by Crippen LogP contribution is 2.30. The van der Waals surface area contributed by atoms with Gasteiger partial charge in [-0.25, -0.2) is 4.31 Å². The number of nitrogens with zero attached hydrogens (tertiary/aromatic N) is 1. The molecule has 1 heterocycles. The van der Waals surface area contributed by atoms with Crippen LogP contribution in [0, 0.1) is 0 Å². The molecule has 5 heteroatoms. The van der Waals surface area contributed by atoms with Gasteiger partial charge >= 0.3 is 0 Å². The Morgan fingerprint density at radius 1 is 1.82 bits per heavy atom. The second-order valence-electron chi connectivity index (χ2n) is 2.89. The summed E-state index contributed by atoms with van der Waals surface area (Å²) in [5.41, 5.74) is 0.0628. The van der Waals surface area contributed by atoms with Crippen LogP contribution in [0.2, 0.25) is 0 Å². The minimum Gasteiger partial charge on any atom is -0.395 e. The van der Waals surface area contributed by atoms with E-state index in [2.05, 4.69) is 32.4 Å². The molecule has 1 saturated heterocycles. The molecule has 1 atom stereocenters. The van der Waals surface area contributed by atoms with Crippen molar-refractivity contribution in [3.63, 3.8) is 0 Å². The highest BCUT2D eigenvalue weighted by atomic mass is 127. The summed E-state index contributed by atoms with van der Waals surface area (Å²) in [7, 11) is 1.62. The molecule has 1 unspecified atom stereocenters. The van der Waals surface area contributed by atoms with Gasteiger partial charge in [-0.05, 0) is 16.0 Å². The van der Waals surface area contributed by atoms with Crippen LogP contribution in [0.4, 0.5) is 0 Å². The van der Waals surface area contributed by atoms with E-state index in [9.17, 15) is 0 Å². The Morgan fingerprint density at radius 2 is 2.45 bits per heavy atom. The molecule has 1 N–H and O–H groups in total. The third-order valence-electron chi connectivity index (χ3n) is 1.59. The van der Waals surface area contributed by atoms with Crippen LogP contribution in [-0.2, 0) is 4.74 Å². The van der Waals surface area contributed by atoms with E-state index in [-0.39, 0.29) is 12.2 Å². The van der Waals surface area contributed by atoms with E-state index in [0.29, 0.717) is 6.54 Å². The van der Waals surface area contributed by atoms with Crippen LogP contribution in [0.25, 0.3) is 0 Å². The average molecular weight is 289 g/mol. The Hall–Kier alpha value is 0.960. The molecular formula is C6H12INO2S. The minimum absolute atomic E-state index is 0.0628. The number of epoxide rings is 1. The van der Waals surface area contributed by atoms with Crippen LogP contribution < -0.4 is 0 Å². The van der Waals surface area contributed by atoms with Crippen molar-refractivity contribution in [2.24, 2.45) is 0 Å². The standard InChI is InChI=1S/C6H12INO2S/c1-6(5-10-6)4-8(11-7)2-3-9/h9H,2-5H2,1H3. The minimum atomic E-state index is 0.0628. The molecule has 1 aliphatic heterocycles. The van der Waals surface area contributed by atoms with E-state index in [1.54, 1.807) is 9.12 Å². The summed E-state index contributed by atoms with van der Waals surface area (Å²) in [5, 5.41) is 8.69. The molecule has 11 heavy (non-hydrogen) atoms. The lowest BCUT2D eigenvalue weighted by molar-refractivity contribution is 0.230. The van der Waals surface area contributed by atoms with Gasteiger partial charge in [0, 0.05) is 34.3 Å². The van der Waals surface area contributed by atoms with E-state index in [0.717, 1.165) is 13.2 Å². The average Bonchev–Trinajstić information content (AvgIpc) is 2.68. The SMILES string of the molecule is CC1(CN(CCO)SI)CO1. The predicted octanol–water partition coefficient (Wildman–Crippen LogP) is 1.07. The van der Waals surface area contributed by atoms with Crippen molar-refractivity contribution >= 4 is 30.3 Å². The van der Waals surface area contributed by atoms with Crippen LogP contribution in [0.5, 0.6) is 0 Å². The first-order valence-corrected chi connectivity index (χ1v) is 6.80. The molecule has 1 aliphatic rings. The molecule has 3 nitrogen and oxygen atoms in total. The van der Waals surface area contributed by atoms with E-state index in [1.807, 2.05) is 0 Å². The van der Waals surface area contributed by atoms with Gasteiger partial charge in [0.05, 0.1) is 13.2 Å². The van der Waals surface area contributed by atoms with Crippen LogP contribution in [0.3, 0.4) is 0 Å². The zero-order valence-corrected chi connectivity index (χ0v) is 9.39. The summed E-state index contributed by atoms with van der Waals surface area (Å²) >= 11 is 2.22. The van der Waals surface area contributed by atoms with Crippen LogP contribution in [0.1, 0.15) is 6.92 Å². The number of hydrogen-bond acceptors (Lipinski definition) is 4. The molecule has 0 aromatic rings. The van der Waals surface area contributed by atoms with Crippen molar-refractivity contribution in [2.45, 2.75) is 12.5 Å². The van der Waals surface area contributed by atoms with Crippen molar-refractivity contribution in [2.75, 3.05) is 26.3 Å². The van der Waals surface area contributed by atoms with Crippen molar-refractivity contribution in [3.8, 4) is 0 Å². The monoisotopic (exact) mass is 289 g/mol. The zero-order chi connectivity index (χ0) is 8.32. The lowest BCUT2D eigenvalue weighted by Crippen LogP contribution is -2.29. The fourth-order valence-electron chi connectivity index (χ4n) is 0.837. The number of hydrogen-bond donors (Lipinski definition) is 1. The molecule has 0 aromatic carbocycles. The van der Waals surface area contributed by atoms with Gasteiger partial charge in [0.15, 0.2) is 0 Å². The summed E-state index contributed by atoms with van der Waals surface area (Å²) in [4.78, 5) is 0. The molecule has 0 saturated carbocycles. The lowest BCUT2D eigenvalue weighted by atomic mass is 10.2. The first-order valence-electron chi connectivity index (χ1n) is 3.49. The summed E-state index contributed by atoms with van der Waals surface area (Å²) < 4.78 is 7.34. The summed E-state index contributed by atoms with van der Waals surface area (Å²) in [5.74, 6) is 0. The molecule has 0 bridgehead atoms. The Kier molecular flexibility index (Phi) is 3.90. The molecular weight excluding hydrogens is 277 g/mol. The quantitative estimate of drug-likeness (QED) is 0.466. The maximum atomic E-state index is 8.69. The van der Waals surface area contributed by atoms with Crippen LogP contribution in [0.15, 0.2) is 0 Å². The Labute approximate surface area is 83.2 Å². The lowest BCUT2D eigenvalue weighted by Gasteiger charge is -2.18. The second-order valence-corrected chi connectivity index (χ2v) is 4.73. The maximum Gasteiger partial charge on any atom is 0.102 e. The first kappa shape index (κ1) is 10.0. The van der Waals surface area contributed by atoms with Crippen molar-refractivity contribution in [1.82, 2.24) is 4.31 Å². The fourth-order valence-corrected chi connectivity index (χ4v) is 2.32. The Bertz CT molecular complexity index is 132. The third kappa shape index (κ3) is 3.45. The zero-order valence-electron chi connectivity index (χ0n) is 6.42. The largest absolute Gasteiger partial charge is 0.395 e. The summed E-state index contributed by atoms with van der Waals surface area (Å²) in [6.07, 6.45) is 0. The van der Waals surface area contributed by atoms with Gasteiger partial charge < -0.3 is 9.84 Å². The number of halogens is 1. The topological polar surface area (TPSA) is 36.0 Å². The predicted molar refractivity (Wildman–Crippen MR) is 54.6 cm³/mol. The Balaban J connectivity index is 2.20. The molecule has 0 radical (unpaired) electrons. The molecule has 0 aromatic heterocycles. The van der Waals surface area contributed by atoms with Gasteiger partial charge in [0.25, 0.3) is 0 Å². The van der Waals surface area contributed by atoms with Gasteiger partial charge in [0.1, 0.15) is 5.60 Å². The summed E-state index contributed by atoms with van der Waals surface area (Å²) in [6.45, 7) is 4.77. The summed E-state index contributed by atoms with van der Waals surface area (Å²) in [6, 6.07) is 0. The normalized spacial score (nSPS) is 29.5. The number of aliphatic hydroxyl groups is 1. The van der Waals surface area contributed by atoms with Crippen molar-refractivity contribution in [3.05, 3.63) is 0 Å². The van der Waals surface area contributed by atoms with Crippen LogP contribution >= 0.6 is 30.3 Å². The molecule has 66 valence electrons. The van der Waals surface area contributed by atoms with Gasteiger partial charge in [-0.2, -0.15) is 0 Å². The fraction of sp³-hybridized carbons (Fsp3) is 1.00. The smallest absolute Gasteiger partial charge is 0.102 e. The Morgan fingerprint density at radius 3 is 2.82 bits per heavy atom. The van der Waals surface area contributed by atoms with Gasteiger partial charge in [-0.1, -0.05) is 0 Å². The van der Waals surface area contributed by atoms with E-state index < -0.39 is 0 Å². The molecule has 0 amide bonds. The third-order valence-corrected chi connectivity index (χ3v) is 3.77. The van der Waals surface area contributed by atoms with E-state index in [1.165, 1.54) is 0 Å². The molecule has 0 aliphatic carbocycles. The van der Waals surface area contributed by atoms with Crippen molar-refractivity contribution < 1.29 is 9.84 Å². The second kappa shape index (κ2) is 4.27. The number of rotatable bonds is 5. The highest BCUT2D eigenvalue weighted by Gasteiger charge is 2.40. The van der Waals surface area contributed by atoms with E-state index in [4.69, 9.17) is 9.84 Å². The molecule has 0 spiro atoms. The molecule has 1 rings (SSSR count). The van der Waals surface area contributed by atoms with Gasteiger partial charge in [-0.3, -0.25) is 0 Å². The molecule has 1 fully saturated rings. The first-order chi connectivity index (χ1) is 5.20. The highest BCUT2D eigenvalue weighted by molar-refractivity contribution is 14.2. The maximum absolute atomic E-state index is 8.69. The number of ether oxygens (including phenoxy) is 1. The van der Waals surface area contributed by atoms with Gasteiger partial charge in [-0.15, -0.1) is 0 Å². The van der Waals surface area contributed by atoms with Crippen molar-refractivity contribution in [1.29, 1.82) is 0 Å².